The van der Waals surface area contributed by atoms with Gasteiger partial charge in [0.05, 0.1) is 31.9 Å². The van der Waals surface area contributed by atoms with Gasteiger partial charge in [-0.2, -0.15) is 0 Å². The molecule has 2 amide bonds. The van der Waals surface area contributed by atoms with Crippen molar-refractivity contribution in [1.82, 2.24) is 10.2 Å². The number of anilines is 1. The predicted octanol–water partition coefficient (Wildman–Crippen LogP) is 4.88. The lowest BCUT2D eigenvalue weighted by Gasteiger charge is -2.32. The molecular formula is C29H33BrClN3O7S. The summed E-state index contributed by atoms with van der Waals surface area (Å²) < 4.78 is 46.2. The number of hydrogen-bond acceptors (Lipinski definition) is 7. The normalized spacial score (nSPS) is 11.8. The molecule has 1 N–H and O–H groups in total. The summed E-state index contributed by atoms with van der Waals surface area (Å²) in [4.78, 5) is 28.1. The molecular weight excluding hydrogens is 650 g/mol. The molecule has 0 saturated carbocycles. The summed E-state index contributed by atoms with van der Waals surface area (Å²) in [7, 11) is -0.219. The van der Waals surface area contributed by atoms with Gasteiger partial charge in [0.25, 0.3) is 10.0 Å². The molecule has 3 rings (SSSR count). The molecule has 0 heterocycles. The van der Waals surface area contributed by atoms with Crippen molar-refractivity contribution in [2.45, 2.75) is 31.3 Å². The van der Waals surface area contributed by atoms with E-state index in [-0.39, 0.29) is 39.6 Å². The van der Waals surface area contributed by atoms with Gasteiger partial charge in [-0.25, -0.2) is 8.42 Å². The van der Waals surface area contributed by atoms with Crippen LogP contribution in [0.3, 0.4) is 0 Å². The summed E-state index contributed by atoms with van der Waals surface area (Å²) in [6.45, 7) is 3.11. The van der Waals surface area contributed by atoms with Crippen LogP contribution in [0.5, 0.6) is 17.2 Å². The van der Waals surface area contributed by atoms with Crippen LogP contribution in [0.2, 0.25) is 5.02 Å². The zero-order valence-corrected chi connectivity index (χ0v) is 27.0. The van der Waals surface area contributed by atoms with Crippen molar-refractivity contribution in [2.24, 2.45) is 0 Å². The third-order valence-electron chi connectivity index (χ3n) is 6.39. The fourth-order valence-electron chi connectivity index (χ4n) is 4.21. The number of nitrogens with zero attached hydrogens (tertiary/aromatic N) is 2. The Morgan fingerprint density at radius 3 is 2.24 bits per heavy atom. The third-order valence-corrected chi connectivity index (χ3v) is 8.88. The molecule has 13 heteroatoms. The Kier molecular flexibility index (Phi) is 11.5. The lowest BCUT2D eigenvalue weighted by atomic mass is 10.1. The van der Waals surface area contributed by atoms with Gasteiger partial charge < -0.3 is 24.4 Å². The summed E-state index contributed by atoms with van der Waals surface area (Å²) in [5.74, 6) is -0.318. The Morgan fingerprint density at radius 2 is 1.62 bits per heavy atom. The summed E-state index contributed by atoms with van der Waals surface area (Å²) in [5.41, 5.74) is 0.782. The largest absolute Gasteiger partial charge is 0.495 e. The minimum Gasteiger partial charge on any atom is -0.495 e. The van der Waals surface area contributed by atoms with E-state index in [1.54, 1.807) is 19.9 Å². The fraction of sp³-hybridized carbons (Fsp3) is 0.310. The van der Waals surface area contributed by atoms with Gasteiger partial charge >= 0.3 is 0 Å². The van der Waals surface area contributed by atoms with E-state index >= 15 is 0 Å². The van der Waals surface area contributed by atoms with E-state index in [0.717, 1.165) is 14.3 Å². The lowest BCUT2D eigenvalue weighted by molar-refractivity contribution is -0.139. The second-order valence-corrected chi connectivity index (χ2v) is 12.3. The predicted molar refractivity (Wildman–Crippen MR) is 165 cm³/mol. The fourth-order valence-corrected chi connectivity index (χ4v) is 6.26. The van der Waals surface area contributed by atoms with Gasteiger partial charge in [0.15, 0.2) is 11.5 Å². The topological polar surface area (TPSA) is 114 Å². The highest BCUT2D eigenvalue weighted by Gasteiger charge is 2.34. The Hall–Kier alpha value is -3.48. The summed E-state index contributed by atoms with van der Waals surface area (Å²) in [6.07, 6.45) is 0. The average Bonchev–Trinajstić information content (AvgIpc) is 2.97. The summed E-state index contributed by atoms with van der Waals surface area (Å²) >= 11 is 9.71. The van der Waals surface area contributed by atoms with Gasteiger partial charge in [-0.15, -0.1) is 0 Å². The van der Waals surface area contributed by atoms with E-state index in [1.807, 2.05) is 24.3 Å². The molecule has 0 radical (unpaired) electrons. The van der Waals surface area contributed by atoms with E-state index in [4.69, 9.17) is 25.8 Å². The lowest BCUT2D eigenvalue weighted by Crippen LogP contribution is -2.51. The zero-order chi connectivity index (χ0) is 31.0. The van der Waals surface area contributed by atoms with Crippen LogP contribution in [0.4, 0.5) is 5.69 Å². The van der Waals surface area contributed by atoms with Gasteiger partial charge in [0.2, 0.25) is 11.8 Å². The molecule has 1 atom stereocenters. The van der Waals surface area contributed by atoms with Crippen LogP contribution in [-0.2, 0) is 26.2 Å². The van der Waals surface area contributed by atoms with Crippen LogP contribution >= 0.6 is 27.5 Å². The second kappa shape index (κ2) is 14.6. The molecule has 1 unspecified atom stereocenters. The van der Waals surface area contributed by atoms with E-state index in [1.165, 1.54) is 56.6 Å². The molecule has 0 aliphatic heterocycles. The highest BCUT2D eigenvalue weighted by atomic mass is 79.9. The van der Waals surface area contributed by atoms with Crippen molar-refractivity contribution in [3.8, 4) is 17.2 Å². The molecule has 226 valence electrons. The average molecular weight is 683 g/mol. The first kappa shape index (κ1) is 33.0. The molecule has 3 aromatic carbocycles. The van der Waals surface area contributed by atoms with Crippen molar-refractivity contribution in [2.75, 3.05) is 38.7 Å². The maximum absolute atomic E-state index is 14.2. The van der Waals surface area contributed by atoms with Crippen LogP contribution in [0.1, 0.15) is 19.4 Å². The van der Waals surface area contributed by atoms with Crippen molar-refractivity contribution in [3.63, 3.8) is 0 Å². The van der Waals surface area contributed by atoms with Gasteiger partial charge in [-0.3, -0.25) is 13.9 Å². The minimum atomic E-state index is -4.42. The maximum Gasteiger partial charge on any atom is 0.265 e. The number of sulfonamides is 1. The number of carbonyl (C=O) groups is 2. The summed E-state index contributed by atoms with van der Waals surface area (Å²) in [6, 6.07) is 14.9. The van der Waals surface area contributed by atoms with Crippen LogP contribution in [0, 0.1) is 0 Å². The van der Waals surface area contributed by atoms with Crippen molar-refractivity contribution in [1.29, 1.82) is 0 Å². The Bertz CT molecular complexity index is 1540. The van der Waals surface area contributed by atoms with Crippen LogP contribution < -0.4 is 23.8 Å². The molecule has 0 aliphatic rings. The zero-order valence-electron chi connectivity index (χ0n) is 23.9. The highest BCUT2D eigenvalue weighted by Crippen LogP contribution is 2.37. The SMILES string of the molecule is CCNC(=O)C(C)N(Cc1cccc(Br)c1)C(=O)CN(c1cc(Cl)ccc1OC)S(=O)(=O)c1ccc(OC)c(OC)c1. The van der Waals surface area contributed by atoms with Crippen LogP contribution in [0.25, 0.3) is 0 Å². The van der Waals surface area contributed by atoms with E-state index < -0.39 is 28.5 Å². The van der Waals surface area contributed by atoms with E-state index in [9.17, 15) is 18.0 Å². The van der Waals surface area contributed by atoms with Crippen LogP contribution in [0.15, 0.2) is 70.0 Å². The van der Waals surface area contributed by atoms with E-state index in [0.29, 0.717) is 12.3 Å². The van der Waals surface area contributed by atoms with Gasteiger partial charge in [0.1, 0.15) is 18.3 Å². The molecule has 0 fully saturated rings. The first-order valence-corrected chi connectivity index (χ1v) is 15.5. The number of methoxy groups -OCH3 is 3. The molecule has 0 spiro atoms. The van der Waals surface area contributed by atoms with E-state index in [2.05, 4.69) is 21.2 Å². The van der Waals surface area contributed by atoms with Crippen LogP contribution in [-0.4, -0.2) is 65.6 Å². The number of nitrogens with one attached hydrogen (secondary N) is 1. The van der Waals surface area contributed by atoms with Crippen molar-refractivity contribution >= 4 is 55.1 Å². The number of carbonyl (C=O) groups excluding carboxylic acids is 2. The number of halogens is 2. The molecule has 10 nitrogen and oxygen atoms in total. The van der Waals surface area contributed by atoms with Gasteiger partial charge in [-0.05, 0) is 61.9 Å². The highest BCUT2D eigenvalue weighted by molar-refractivity contribution is 9.10. The number of likely N-dealkylation sites (N-methyl/N-ethyl adjacent to an activating group) is 1. The number of hydrogen-bond donors (Lipinski definition) is 1. The Labute approximate surface area is 259 Å². The molecule has 0 bridgehead atoms. The first-order chi connectivity index (χ1) is 20.0. The third kappa shape index (κ3) is 7.67. The number of benzene rings is 3. The molecule has 0 aliphatic carbocycles. The Morgan fingerprint density at radius 1 is 0.952 bits per heavy atom. The molecule has 0 aromatic heterocycles. The second-order valence-electron chi connectivity index (χ2n) is 9.07. The van der Waals surface area contributed by atoms with Gasteiger partial charge in [0, 0.05) is 28.7 Å². The molecule has 42 heavy (non-hydrogen) atoms. The standard InChI is InChI=1S/C29H33BrClN3O7S/c1-6-32-29(36)19(2)33(17-20-8-7-9-21(30)14-20)28(35)18-34(24-15-22(31)10-12-25(24)39-3)42(37,38)23-11-13-26(40-4)27(16-23)41-5/h7-16,19H,6,17-18H2,1-5H3,(H,32,36). The van der Waals surface area contributed by atoms with Gasteiger partial charge in [-0.1, -0.05) is 39.7 Å². The Balaban J connectivity index is 2.15. The van der Waals surface area contributed by atoms with Crippen molar-refractivity contribution < 1.29 is 32.2 Å². The monoisotopic (exact) mass is 681 g/mol. The quantitative estimate of drug-likeness (QED) is 0.274. The molecule has 3 aromatic rings. The smallest absolute Gasteiger partial charge is 0.265 e. The molecule has 0 saturated heterocycles. The van der Waals surface area contributed by atoms with Crippen molar-refractivity contribution in [3.05, 3.63) is 75.7 Å². The summed E-state index contributed by atoms with van der Waals surface area (Å²) in [5, 5.41) is 2.96. The number of rotatable bonds is 13. The number of amides is 2. The first-order valence-electron chi connectivity index (χ1n) is 12.9. The number of ether oxygens (including phenoxy) is 3. The minimum absolute atomic E-state index is 0.0428. The maximum atomic E-state index is 14.2.